The summed E-state index contributed by atoms with van der Waals surface area (Å²) in [5, 5.41) is 3.85. The zero-order chi connectivity index (χ0) is 21.6. The molecule has 0 aliphatic rings. The highest BCUT2D eigenvalue weighted by Crippen LogP contribution is 2.26. The normalized spacial score (nSPS) is 12.9. The zero-order valence-electron chi connectivity index (χ0n) is 17.3. The van der Waals surface area contributed by atoms with Crippen molar-refractivity contribution >= 4 is 35.0 Å². The van der Waals surface area contributed by atoms with E-state index in [1.54, 1.807) is 30.0 Å². The largest absolute Gasteiger partial charge is 0.352 e. The Balaban J connectivity index is 2.31. The molecule has 0 heterocycles. The summed E-state index contributed by atoms with van der Waals surface area (Å²) in [5.41, 5.74) is 2.63. The summed E-state index contributed by atoms with van der Waals surface area (Å²) in [4.78, 5) is 27.6. The molecular formula is C23H28Cl2N2O2. The first kappa shape index (κ1) is 23.2. The Hall–Kier alpha value is -2.04. The fraction of sp³-hybridized carbons (Fsp3) is 0.391. The molecule has 2 aromatic carbocycles. The van der Waals surface area contributed by atoms with Crippen molar-refractivity contribution in [3.05, 3.63) is 69.2 Å². The minimum Gasteiger partial charge on any atom is -0.352 e. The van der Waals surface area contributed by atoms with Crippen molar-refractivity contribution in [1.29, 1.82) is 0 Å². The van der Waals surface area contributed by atoms with E-state index in [9.17, 15) is 9.59 Å². The first-order chi connectivity index (χ1) is 13.7. The van der Waals surface area contributed by atoms with E-state index in [-0.39, 0.29) is 24.3 Å². The number of hydrogen-bond donors (Lipinski definition) is 1. The number of rotatable bonds is 8. The second kappa shape index (κ2) is 10.7. The maximum absolute atomic E-state index is 13.3. The Labute approximate surface area is 183 Å². The van der Waals surface area contributed by atoms with Gasteiger partial charge >= 0.3 is 0 Å². The summed E-state index contributed by atoms with van der Waals surface area (Å²) in [7, 11) is 0. The molecule has 0 radical (unpaired) electrons. The second-order valence-corrected chi connectivity index (χ2v) is 8.13. The van der Waals surface area contributed by atoms with Crippen molar-refractivity contribution in [2.75, 3.05) is 0 Å². The monoisotopic (exact) mass is 434 g/mol. The van der Waals surface area contributed by atoms with E-state index >= 15 is 0 Å². The van der Waals surface area contributed by atoms with Crippen LogP contribution in [0.5, 0.6) is 0 Å². The minimum absolute atomic E-state index is 0.0331. The molecule has 0 fully saturated rings. The van der Waals surface area contributed by atoms with Crippen LogP contribution in [-0.2, 0) is 22.6 Å². The lowest BCUT2D eigenvalue weighted by Crippen LogP contribution is -2.50. The molecule has 0 saturated heterocycles. The average molecular weight is 435 g/mol. The van der Waals surface area contributed by atoms with Crippen molar-refractivity contribution in [2.24, 2.45) is 0 Å². The number of aryl methyl sites for hydroxylation is 1. The number of nitrogens with one attached hydrogen (secondary N) is 1. The first-order valence-corrected chi connectivity index (χ1v) is 10.6. The van der Waals surface area contributed by atoms with Crippen LogP contribution in [0.4, 0.5) is 0 Å². The highest BCUT2D eigenvalue weighted by atomic mass is 35.5. The Kier molecular flexibility index (Phi) is 8.54. The van der Waals surface area contributed by atoms with Crippen molar-refractivity contribution < 1.29 is 9.59 Å². The number of halogens is 2. The third-order valence-corrected chi connectivity index (χ3v) is 5.87. The smallest absolute Gasteiger partial charge is 0.242 e. The molecule has 0 aliphatic carbocycles. The van der Waals surface area contributed by atoms with Gasteiger partial charge in [0, 0.05) is 22.6 Å². The molecule has 2 amide bonds. The number of benzene rings is 2. The number of carbonyl (C=O) groups is 2. The van der Waals surface area contributed by atoms with Gasteiger partial charge in [0.2, 0.25) is 11.8 Å². The van der Waals surface area contributed by atoms with Crippen LogP contribution in [0.25, 0.3) is 0 Å². The summed E-state index contributed by atoms with van der Waals surface area (Å²) in [6.45, 7) is 8.03. The van der Waals surface area contributed by atoms with Gasteiger partial charge in [0.25, 0.3) is 0 Å². The number of nitrogens with zero attached hydrogens (tertiary/aromatic N) is 1. The van der Waals surface area contributed by atoms with Crippen LogP contribution in [0.1, 0.15) is 43.9 Å². The third kappa shape index (κ3) is 6.22. The van der Waals surface area contributed by atoms with Crippen LogP contribution in [0.2, 0.25) is 10.0 Å². The van der Waals surface area contributed by atoms with Crippen LogP contribution >= 0.6 is 23.2 Å². The summed E-state index contributed by atoms with van der Waals surface area (Å²) < 4.78 is 0. The molecule has 2 rings (SSSR count). The van der Waals surface area contributed by atoms with E-state index in [1.807, 2.05) is 45.0 Å². The lowest BCUT2D eigenvalue weighted by atomic mass is 10.1. The van der Waals surface area contributed by atoms with Gasteiger partial charge in [0.1, 0.15) is 6.04 Å². The van der Waals surface area contributed by atoms with E-state index in [2.05, 4.69) is 5.32 Å². The van der Waals surface area contributed by atoms with Gasteiger partial charge in [-0.3, -0.25) is 9.59 Å². The van der Waals surface area contributed by atoms with Gasteiger partial charge in [0.15, 0.2) is 0 Å². The number of hydrogen-bond acceptors (Lipinski definition) is 2. The molecule has 1 N–H and O–H groups in total. The molecule has 0 spiro atoms. The molecule has 156 valence electrons. The van der Waals surface area contributed by atoms with Crippen molar-refractivity contribution in [3.63, 3.8) is 0 Å². The van der Waals surface area contributed by atoms with Crippen molar-refractivity contribution in [1.82, 2.24) is 10.2 Å². The Morgan fingerprint density at radius 3 is 2.24 bits per heavy atom. The van der Waals surface area contributed by atoms with Crippen molar-refractivity contribution in [3.8, 4) is 0 Å². The van der Waals surface area contributed by atoms with E-state index in [0.29, 0.717) is 22.2 Å². The Morgan fingerprint density at radius 1 is 1.03 bits per heavy atom. The fourth-order valence-corrected chi connectivity index (χ4v) is 3.50. The quantitative estimate of drug-likeness (QED) is 0.622. The predicted octanol–water partition coefficient (Wildman–Crippen LogP) is 5.18. The third-order valence-electron chi connectivity index (χ3n) is 5.16. The van der Waals surface area contributed by atoms with Gasteiger partial charge in [-0.1, -0.05) is 60.5 Å². The highest BCUT2D eigenvalue weighted by molar-refractivity contribution is 6.36. The van der Waals surface area contributed by atoms with Gasteiger partial charge in [0.05, 0.1) is 6.42 Å². The van der Waals surface area contributed by atoms with Crippen molar-refractivity contribution in [2.45, 2.75) is 59.2 Å². The summed E-state index contributed by atoms with van der Waals surface area (Å²) >= 11 is 12.5. The van der Waals surface area contributed by atoms with Crippen LogP contribution < -0.4 is 5.32 Å². The van der Waals surface area contributed by atoms with Crippen LogP contribution in [0.3, 0.4) is 0 Å². The molecule has 0 aliphatic heterocycles. The molecule has 0 bridgehead atoms. The predicted molar refractivity (Wildman–Crippen MR) is 119 cm³/mol. The van der Waals surface area contributed by atoms with Gasteiger partial charge in [-0.2, -0.15) is 0 Å². The van der Waals surface area contributed by atoms with Gasteiger partial charge in [-0.15, -0.1) is 0 Å². The first-order valence-electron chi connectivity index (χ1n) is 9.81. The average Bonchev–Trinajstić information content (AvgIpc) is 2.69. The Morgan fingerprint density at radius 2 is 1.66 bits per heavy atom. The van der Waals surface area contributed by atoms with E-state index in [4.69, 9.17) is 23.2 Å². The molecule has 2 atom stereocenters. The zero-order valence-corrected chi connectivity index (χ0v) is 18.8. The van der Waals surface area contributed by atoms with E-state index in [0.717, 1.165) is 17.5 Å². The maximum Gasteiger partial charge on any atom is 0.242 e. The lowest BCUT2D eigenvalue weighted by Gasteiger charge is -2.30. The molecule has 29 heavy (non-hydrogen) atoms. The summed E-state index contributed by atoms with van der Waals surface area (Å²) in [6, 6.07) is 12.4. The summed E-state index contributed by atoms with van der Waals surface area (Å²) in [6.07, 6.45) is 0.852. The molecule has 0 saturated carbocycles. The second-order valence-electron chi connectivity index (χ2n) is 7.32. The molecular weight excluding hydrogens is 407 g/mol. The number of amides is 2. The van der Waals surface area contributed by atoms with E-state index in [1.165, 1.54) is 0 Å². The maximum atomic E-state index is 13.3. The molecule has 2 unspecified atom stereocenters. The highest BCUT2D eigenvalue weighted by Gasteiger charge is 2.28. The number of carbonyl (C=O) groups excluding carboxylic acids is 2. The molecule has 4 nitrogen and oxygen atoms in total. The van der Waals surface area contributed by atoms with Gasteiger partial charge in [-0.05, 0) is 56.0 Å². The molecule has 6 heteroatoms. The van der Waals surface area contributed by atoms with Crippen LogP contribution in [-0.4, -0.2) is 28.8 Å². The lowest BCUT2D eigenvalue weighted by molar-refractivity contribution is -0.140. The van der Waals surface area contributed by atoms with Crippen LogP contribution in [0.15, 0.2) is 42.5 Å². The molecule has 0 aromatic heterocycles. The Bertz CT molecular complexity index is 849. The van der Waals surface area contributed by atoms with E-state index < -0.39 is 6.04 Å². The molecule has 2 aromatic rings. The SMILES string of the molecule is CCC(C)NC(=O)C(C)N(Cc1ccccc1C)C(=O)Cc1c(Cl)cccc1Cl. The fourth-order valence-electron chi connectivity index (χ4n) is 2.97. The standard InChI is InChI=1S/C23H28Cl2N2O2/c1-5-16(3)26-23(29)17(4)27(14-18-10-7-6-9-15(18)2)22(28)13-19-20(24)11-8-12-21(19)25/h6-12,16-17H,5,13-14H2,1-4H3,(H,26,29). The van der Waals surface area contributed by atoms with Crippen LogP contribution in [0, 0.1) is 6.92 Å². The minimum atomic E-state index is -0.627. The van der Waals surface area contributed by atoms with Gasteiger partial charge in [-0.25, -0.2) is 0 Å². The van der Waals surface area contributed by atoms with Gasteiger partial charge < -0.3 is 10.2 Å². The topological polar surface area (TPSA) is 49.4 Å². The summed E-state index contributed by atoms with van der Waals surface area (Å²) in [5.74, 6) is -0.374.